The molecule has 1 fully saturated rings. The summed E-state index contributed by atoms with van der Waals surface area (Å²) in [6.07, 6.45) is 4.92. The highest BCUT2D eigenvalue weighted by Gasteiger charge is 2.26. The van der Waals surface area contributed by atoms with Crippen molar-refractivity contribution in [3.63, 3.8) is 0 Å². The summed E-state index contributed by atoms with van der Waals surface area (Å²) < 4.78 is 0. The smallest absolute Gasteiger partial charge is 0.227 e. The number of nitrogens with two attached hydrogens (primary N) is 1. The van der Waals surface area contributed by atoms with E-state index in [2.05, 4.69) is 40.5 Å². The molecule has 2 aliphatic rings. The van der Waals surface area contributed by atoms with Crippen molar-refractivity contribution in [2.24, 2.45) is 11.7 Å². The normalized spacial score (nSPS) is 22.1. The quantitative estimate of drug-likeness (QED) is 0.885. The van der Waals surface area contributed by atoms with Gasteiger partial charge in [-0.3, -0.25) is 4.79 Å². The molecular weight excluding hydrogens is 322 g/mol. The molecule has 4 heteroatoms. The van der Waals surface area contributed by atoms with Gasteiger partial charge in [-0.2, -0.15) is 0 Å². The Bertz CT molecular complexity index is 788. The molecule has 0 radical (unpaired) electrons. The molecular formula is C22H27N3O. The first-order chi connectivity index (χ1) is 12.7. The molecule has 1 saturated carbocycles. The highest BCUT2D eigenvalue weighted by molar-refractivity contribution is 5.93. The second-order valence-corrected chi connectivity index (χ2v) is 7.57. The van der Waals surface area contributed by atoms with E-state index in [0.717, 1.165) is 56.4 Å². The molecule has 0 aromatic heterocycles. The minimum atomic E-state index is 0.0410. The van der Waals surface area contributed by atoms with E-state index in [9.17, 15) is 4.79 Å². The van der Waals surface area contributed by atoms with Crippen LogP contribution >= 0.6 is 0 Å². The lowest BCUT2D eigenvalue weighted by Crippen LogP contribution is -2.34. The Labute approximate surface area is 155 Å². The maximum Gasteiger partial charge on any atom is 0.227 e. The fraction of sp³-hybridized carbons (Fsp3) is 0.409. The first-order valence-electron chi connectivity index (χ1n) is 9.68. The zero-order valence-electron chi connectivity index (χ0n) is 15.2. The Kier molecular flexibility index (Phi) is 4.93. The van der Waals surface area contributed by atoms with Crippen molar-refractivity contribution < 1.29 is 4.79 Å². The maximum atomic E-state index is 12.7. The average molecular weight is 349 g/mol. The molecule has 2 unspecified atom stereocenters. The summed E-state index contributed by atoms with van der Waals surface area (Å²) in [6, 6.07) is 16.9. The van der Waals surface area contributed by atoms with Gasteiger partial charge in [0.2, 0.25) is 5.91 Å². The Balaban J connectivity index is 1.48. The number of carbonyl (C=O) groups excluding carboxylic acids is 1. The van der Waals surface area contributed by atoms with E-state index in [1.54, 1.807) is 0 Å². The summed E-state index contributed by atoms with van der Waals surface area (Å²) in [7, 11) is 0. The van der Waals surface area contributed by atoms with E-state index >= 15 is 0 Å². The number of para-hydroxylation sites is 2. The van der Waals surface area contributed by atoms with Gasteiger partial charge in [-0.1, -0.05) is 42.8 Å². The Morgan fingerprint density at radius 3 is 2.81 bits per heavy atom. The summed E-state index contributed by atoms with van der Waals surface area (Å²) >= 11 is 0. The highest BCUT2D eigenvalue weighted by Crippen LogP contribution is 2.31. The van der Waals surface area contributed by atoms with Crippen LogP contribution in [-0.2, 0) is 17.8 Å². The fourth-order valence-electron chi connectivity index (χ4n) is 4.26. The molecule has 3 N–H and O–H groups in total. The number of fused-ring (bicyclic) bond motifs is 1. The van der Waals surface area contributed by atoms with Crippen molar-refractivity contribution in [3.05, 3.63) is 59.7 Å². The summed E-state index contributed by atoms with van der Waals surface area (Å²) in [4.78, 5) is 15.1. The number of benzene rings is 2. The molecule has 0 saturated heterocycles. The number of nitrogens with zero attached hydrogens (tertiary/aromatic N) is 1. The fourth-order valence-corrected chi connectivity index (χ4v) is 4.26. The molecule has 2 aromatic carbocycles. The lowest BCUT2D eigenvalue weighted by atomic mass is 9.85. The number of carbonyl (C=O) groups is 1. The first-order valence-corrected chi connectivity index (χ1v) is 9.68. The summed E-state index contributed by atoms with van der Waals surface area (Å²) in [5.74, 6) is 0.161. The third-order valence-corrected chi connectivity index (χ3v) is 5.71. The largest absolute Gasteiger partial charge is 0.367 e. The van der Waals surface area contributed by atoms with Gasteiger partial charge in [0.15, 0.2) is 0 Å². The van der Waals surface area contributed by atoms with Gasteiger partial charge >= 0.3 is 0 Å². The van der Waals surface area contributed by atoms with Gasteiger partial charge < -0.3 is 16.0 Å². The van der Waals surface area contributed by atoms with Gasteiger partial charge in [-0.25, -0.2) is 0 Å². The third-order valence-electron chi connectivity index (χ3n) is 5.71. The molecule has 2 aromatic rings. The summed E-state index contributed by atoms with van der Waals surface area (Å²) in [5, 5.41) is 3.18. The minimum Gasteiger partial charge on any atom is -0.367 e. The molecule has 1 heterocycles. The van der Waals surface area contributed by atoms with Crippen molar-refractivity contribution >= 4 is 17.3 Å². The number of rotatable bonds is 4. The third kappa shape index (κ3) is 3.61. The van der Waals surface area contributed by atoms with Crippen molar-refractivity contribution in [2.45, 2.75) is 44.7 Å². The molecule has 0 spiro atoms. The van der Waals surface area contributed by atoms with Crippen molar-refractivity contribution in [1.82, 2.24) is 0 Å². The van der Waals surface area contributed by atoms with E-state index in [1.807, 2.05) is 18.2 Å². The maximum absolute atomic E-state index is 12.7. The number of hydrogen-bond acceptors (Lipinski definition) is 3. The van der Waals surface area contributed by atoms with E-state index in [4.69, 9.17) is 5.73 Å². The second kappa shape index (κ2) is 7.50. The molecule has 136 valence electrons. The van der Waals surface area contributed by atoms with Crippen LogP contribution in [0.5, 0.6) is 0 Å². The van der Waals surface area contributed by atoms with Crippen LogP contribution in [0.25, 0.3) is 0 Å². The molecule has 1 aliphatic heterocycles. The number of amides is 1. The van der Waals surface area contributed by atoms with Gasteiger partial charge in [-0.15, -0.1) is 0 Å². The first kappa shape index (κ1) is 17.1. The van der Waals surface area contributed by atoms with Crippen LogP contribution in [0.15, 0.2) is 48.5 Å². The summed E-state index contributed by atoms with van der Waals surface area (Å²) in [6.45, 7) is 1.84. The Morgan fingerprint density at radius 1 is 1.12 bits per heavy atom. The van der Waals surface area contributed by atoms with Gasteiger partial charge in [0.1, 0.15) is 0 Å². The highest BCUT2D eigenvalue weighted by atomic mass is 16.1. The second-order valence-electron chi connectivity index (χ2n) is 7.57. The van der Waals surface area contributed by atoms with Crippen molar-refractivity contribution in [3.8, 4) is 0 Å². The lowest BCUT2D eigenvalue weighted by Gasteiger charge is -2.26. The Hall–Kier alpha value is -2.33. The van der Waals surface area contributed by atoms with Crippen LogP contribution in [0.1, 0.15) is 36.8 Å². The lowest BCUT2D eigenvalue weighted by molar-refractivity contribution is -0.120. The topological polar surface area (TPSA) is 58.4 Å². The van der Waals surface area contributed by atoms with Gasteiger partial charge in [-0.05, 0) is 48.9 Å². The number of hydrogen-bond donors (Lipinski definition) is 2. The predicted octanol–water partition coefficient (Wildman–Crippen LogP) is 3.71. The van der Waals surface area contributed by atoms with Crippen LogP contribution in [0.3, 0.4) is 0 Å². The van der Waals surface area contributed by atoms with Crippen LogP contribution in [-0.4, -0.2) is 18.5 Å². The monoisotopic (exact) mass is 349 g/mol. The predicted molar refractivity (Wildman–Crippen MR) is 106 cm³/mol. The zero-order valence-corrected chi connectivity index (χ0v) is 15.2. The molecule has 4 rings (SSSR count). The van der Waals surface area contributed by atoms with E-state index in [1.165, 1.54) is 11.3 Å². The Morgan fingerprint density at radius 2 is 1.92 bits per heavy atom. The van der Waals surface area contributed by atoms with Crippen LogP contribution in [0.2, 0.25) is 0 Å². The van der Waals surface area contributed by atoms with Gasteiger partial charge in [0.25, 0.3) is 0 Å². The molecule has 0 bridgehead atoms. The average Bonchev–Trinajstić information content (AvgIpc) is 3.06. The molecule has 1 amide bonds. The molecule has 2 atom stereocenters. The minimum absolute atomic E-state index is 0.0410. The van der Waals surface area contributed by atoms with Crippen molar-refractivity contribution in [1.29, 1.82) is 0 Å². The standard InChI is InChI=1S/C22H27N3O/c23-19-9-5-8-17(14-19)22(26)24-20-10-3-1-7-18(20)15-25-13-12-16-6-2-4-11-21(16)25/h1-4,6-7,10-11,17,19H,5,8-9,12-15,23H2,(H,24,26). The van der Waals surface area contributed by atoms with Crippen LogP contribution in [0, 0.1) is 5.92 Å². The van der Waals surface area contributed by atoms with Crippen LogP contribution in [0.4, 0.5) is 11.4 Å². The van der Waals surface area contributed by atoms with Gasteiger partial charge in [0, 0.05) is 36.4 Å². The van der Waals surface area contributed by atoms with E-state index in [-0.39, 0.29) is 17.9 Å². The van der Waals surface area contributed by atoms with Crippen LogP contribution < -0.4 is 16.0 Å². The van der Waals surface area contributed by atoms with E-state index in [0.29, 0.717) is 0 Å². The summed E-state index contributed by atoms with van der Waals surface area (Å²) in [5.41, 5.74) is 10.9. The van der Waals surface area contributed by atoms with E-state index < -0.39 is 0 Å². The molecule has 26 heavy (non-hydrogen) atoms. The zero-order chi connectivity index (χ0) is 17.9. The number of anilines is 2. The van der Waals surface area contributed by atoms with Gasteiger partial charge in [0.05, 0.1) is 0 Å². The number of nitrogens with one attached hydrogen (secondary N) is 1. The van der Waals surface area contributed by atoms with Crippen molar-refractivity contribution in [2.75, 3.05) is 16.8 Å². The SMILES string of the molecule is NC1CCCC(C(=O)Nc2ccccc2CN2CCc3ccccc32)C1. The molecule has 1 aliphatic carbocycles. The molecule has 4 nitrogen and oxygen atoms in total.